The lowest BCUT2D eigenvalue weighted by Gasteiger charge is -2.11. The van der Waals surface area contributed by atoms with Crippen molar-refractivity contribution in [2.75, 3.05) is 0 Å². The van der Waals surface area contributed by atoms with Gasteiger partial charge in [-0.3, -0.25) is 0 Å². The first-order valence-corrected chi connectivity index (χ1v) is 8.62. The molecule has 0 bridgehead atoms. The van der Waals surface area contributed by atoms with Gasteiger partial charge in [-0.15, -0.1) is 0 Å². The summed E-state index contributed by atoms with van der Waals surface area (Å²) in [5.41, 5.74) is 3.17. The Bertz CT molecular complexity index is 1130. The van der Waals surface area contributed by atoms with Gasteiger partial charge in [0, 0.05) is 0 Å². The minimum absolute atomic E-state index is 0.359. The Labute approximate surface area is 152 Å². The number of benzene rings is 4. The fourth-order valence-corrected chi connectivity index (χ4v) is 3.48. The number of rotatable bonds is 1. The number of carboxylic acid groups (broad SMARTS) is 1. The van der Waals surface area contributed by atoms with Crippen molar-refractivity contribution in [2.24, 2.45) is 0 Å². The van der Waals surface area contributed by atoms with Crippen molar-refractivity contribution in [3.63, 3.8) is 0 Å². The fourth-order valence-electron chi connectivity index (χ4n) is 3.48. The van der Waals surface area contributed by atoms with Gasteiger partial charge in [-0.1, -0.05) is 84.9 Å². The minimum atomic E-state index is -0.878. The molecule has 0 saturated heterocycles. The average Bonchev–Trinajstić information content (AvgIpc) is 2.69. The van der Waals surface area contributed by atoms with Gasteiger partial charge in [0.1, 0.15) is 0 Å². The smallest absolute Gasteiger partial charge is 0.336 e. The number of carboxylic acids is 1. The van der Waals surface area contributed by atoms with Crippen LogP contribution in [0.4, 0.5) is 0 Å². The largest absolute Gasteiger partial charge is 0.478 e. The second kappa shape index (κ2) is 6.85. The standard InChI is InChI=1S/C13H10.C11H8O2/c1-4-10-6-2-8-12-9-3-7-11(5-1)13(10)12;12-11(13)10-7-3-5-8-4-1-2-6-9(8)10/h1-8H,9H2;1-7H,(H,12,13). The predicted octanol–water partition coefficient (Wildman–Crippen LogP) is 5.95. The van der Waals surface area contributed by atoms with Crippen LogP contribution < -0.4 is 0 Å². The Morgan fingerprint density at radius 3 is 2.31 bits per heavy atom. The molecule has 4 aromatic rings. The molecule has 0 spiro atoms. The van der Waals surface area contributed by atoms with Crippen LogP contribution in [0.1, 0.15) is 21.5 Å². The lowest BCUT2D eigenvalue weighted by molar-refractivity contribution is 0.0699. The van der Waals surface area contributed by atoms with Gasteiger partial charge in [0.25, 0.3) is 0 Å². The summed E-state index contributed by atoms with van der Waals surface area (Å²) in [6.07, 6.45) is 5.53. The van der Waals surface area contributed by atoms with Crippen molar-refractivity contribution in [1.82, 2.24) is 0 Å². The molecule has 0 aliphatic heterocycles. The van der Waals surface area contributed by atoms with E-state index in [0.29, 0.717) is 5.56 Å². The third-order valence-corrected chi connectivity index (χ3v) is 4.68. The van der Waals surface area contributed by atoms with E-state index in [-0.39, 0.29) is 0 Å². The van der Waals surface area contributed by atoms with Gasteiger partial charge < -0.3 is 5.11 Å². The molecule has 0 saturated carbocycles. The van der Waals surface area contributed by atoms with Crippen LogP contribution in [0.5, 0.6) is 0 Å². The van der Waals surface area contributed by atoms with Crippen LogP contribution in [0.2, 0.25) is 0 Å². The maximum Gasteiger partial charge on any atom is 0.336 e. The van der Waals surface area contributed by atoms with Crippen LogP contribution in [0.15, 0.2) is 84.9 Å². The SMILES string of the molecule is C1=Cc2cccc3cccc(c23)C1.O=C(O)c1cccc2ccccc12. The van der Waals surface area contributed by atoms with E-state index < -0.39 is 5.97 Å². The molecule has 26 heavy (non-hydrogen) atoms. The van der Waals surface area contributed by atoms with Gasteiger partial charge in [-0.25, -0.2) is 4.79 Å². The Balaban J connectivity index is 0.000000129. The van der Waals surface area contributed by atoms with Gasteiger partial charge in [0.15, 0.2) is 0 Å². The van der Waals surface area contributed by atoms with Crippen LogP contribution in [0, 0.1) is 0 Å². The maximum absolute atomic E-state index is 10.8. The van der Waals surface area contributed by atoms with Gasteiger partial charge in [-0.2, -0.15) is 0 Å². The van der Waals surface area contributed by atoms with Crippen LogP contribution in [-0.2, 0) is 6.42 Å². The van der Waals surface area contributed by atoms with Crippen molar-refractivity contribution < 1.29 is 9.90 Å². The number of aromatic carboxylic acids is 1. The second-order valence-electron chi connectivity index (χ2n) is 6.30. The summed E-state index contributed by atoms with van der Waals surface area (Å²) in [7, 11) is 0. The minimum Gasteiger partial charge on any atom is -0.478 e. The quantitative estimate of drug-likeness (QED) is 0.466. The fraction of sp³-hybridized carbons (Fsp3) is 0.0417. The van der Waals surface area contributed by atoms with E-state index >= 15 is 0 Å². The maximum atomic E-state index is 10.8. The molecule has 0 radical (unpaired) electrons. The molecule has 1 N–H and O–H groups in total. The molecule has 0 heterocycles. The Morgan fingerprint density at radius 1 is 0.769 bits per heavy atom. The monoisotopic (exact) mass is 338 g/mol. The molecular weight excluding hydrogens is 320 g/mol. The van der Waals surface area contributed by atoms with Crippen molar-refractivity contribution >= 4 is 33.6 Å². The zero-order chi connectivity index (χ0) is 17.9. The molecule has 0 aromatic heterocycles. The topological polar surface area (TPSA) is 37.3 Å². The number of hydrogen-bond acceptors (Lipinski definition) is 1. The van der Waals surface area contributed by atoms with E-state index in [2.05, 4.69) is 48.6 Å². The highest BCUT2D eigenvalue weighted by Crippen LogP contribution is 2.27. The van der Waals surface area contributed by atoms with E-state index in [9.17, 15) is 4.79 Å². The highest BCUT2D eigenvalue weighted by atomic mass is 16.4. The molecule has 2 heteroatoms. The van der Waals surface area contributed by atoms with Crippen molar-refractivity contribution in [2.45, 2.75) is 6.42 Å². The van der Waals surface area contributed by atoms with Crippen LogP contribution in [0.25, 0.3) is 27.6 Å². The number of carbonyl (C=O) groups is 1. The molecule has 5 rings (SSSR count). The first-order chi connectivity index (χ1) is 12.7. The Morgan fingerprint density at radius 2 is 1.46 bits per heavy atom. The molecule has 4 aromatic carbocycles. The molecule has 2 nitrogen and oxygen atoms in total. The summed E-state index contributed by atoms with van der Waals surface area (Å²) >= 11 is 0. The van der Waals surface area contributed by atoms with Crippen molar-refractivity contribution in [3.8, 4) is 0 Å². The predicted molar refractivity (Wildman–Crippen MR) is 108 cm³/mol. The van der Waals surface area contributed by atoms with E-state index in [1.807, 2.05) is 30.3 Å². The summed E-state index contributed by atoms with van der Waals surface area (Å²) in [4.78, 5) is 10.8. The zero-order valence-electron chi connectivity index (χ0n) is 14.2. The zero-order valence-corrected chi connectivity index (χ0v) is 14.2. The highest BCUT2D eigenvalue weighted by molar-refractivity contribution is 6.03. The lowest BCUT2D eigenvalue weighted by Crippen LogP contribution is -1.96. The third-order valence-electron chi connectivity index (χ3n) is 4.68. The summed E-state index contributed by atoms with van der Waals surface area (Å²) < 4.78 is 0. The van der Waals surface area contributed by atoms with Gasteiger partial charge >= 0.3 is 5.97 Å². The normalized spacial score (nSPS) is 11.8. The van der Waals surface area contributed by atoms with E-state index in [4.69, 9.17) is 5.11 Å². The first-order valence-electron chi connectivity index (χ1n) is 8.62. The highest BCUT2D eigenvalue weighted by Gasteiger charge is 2.07. The van der Waals surface area contributed by atoms with Crippen LogP contribution >= 0.6 is 0 Å². The molecular formula is C24H18O2. The van der Waals surface area contributed by atoms with Gasteiger partial charge in [0.05, 0.1) is 5.56 Å². The van der Waals surface area contributed by atoms with Crippen molar-refractivity contribution in [3.05, 3.63) is 102 Å². The molecule has 1 aliphatic rings. The molecule has 126 valence electrons. The van der Waals surface area contributed by atoms with Crippen molar-refractivity contribution in [1.29, 1.82) is 0 Å². The van der Waals surface area contributed by atoms with Crippen LogP contribution in [0.3, 0.4) is 0 Å². The van der Waals surface area contributed by atoms with Gasteiger partial charge in [-0.05, 0) is 45.2 Å². The number of allylic oxidation sites excluding steroid dienone is 1. The summed E-state index contributed by atoms with van der Waals surface area (Å²) in [6, 6.07) is 25.8. The summed E-state index contributed by atoms with van der Waals surface area (Å²) in [5, 5.41) is 13.4. The molecule has 0 amide bonds. The van der Waals surface area contributed by atoms with Crippen LogP contribution in [-0.4, -0.2) is 11.1 Å². The van der Waals surface area contributed by atoms with E-state index in [1.165, 1.54) is 21.9 Å². The second-order valence-corrected chi connectivity index (χ2v) is 6.30. The van der Waals surface area contributed by atoms with E-state index in [1.54, 1.807) is 12.1 Å². The first kappa shape index (κ1) is 16.1. The van der Waals surface area contributed by atoms with Gasteiger partial charge in [0.2, 0.25) is 0 Å². The molecule has 0 atom stereocenters. The molecule has 0 unspecified atom stereocenters. The average molecular weight is 338 g/mol. The van der Waals surface area contributed by atoms with E-state index in [0.717, 1.165) is 17.2 Å². The lowest BCUT2D eigenvalue weighted by atomic mass is 9.93. The summed E-state index contributed by atoms with van der Waals surface area (Å²) in [6.45, 7) is 0. The Hall–Kier alpha value is -3.39. The summed E-state index contributed by atoms with van der Waals surface area (Å²) in [5.74, 6) is -0.878. The number of hydrogen-bond donors (Lipinski definition) is 1. The third kappa shape index (κ3) is 2.98. The number of fused-ring (bicyclic) bond motifs is 1. The molecule has 1 aliphatic carbocycles. The Kier molecular flexibility index (Phi) is 4.24. The molecule has 0 fully saturated rings.